The molecule has 0 aromatic heterocycles. The highest BCUT2D eigenvalue weighted by molar-refractivity contribution is 4.39. The Labute approximate surface area is 41.0 Å². The average molecular weight is 87.2 g/mol. The fourth-order valence-electron chi connectivity index (χ4n) is 0. The van der Waals surface area contributed by atoms with E-state index in [2.05, 4.69) is 6.92 Å². The number of rotatable bonds is 1. The van der Waals surface area contributed by atoms with Crippen LogP contribution in [0.1, 0.15) is 0 Å². The Kier molecular flexibility index (Phi) is 7.73. The maximum absolute atomic E-state index is 3.61. The molecule has 0 aromatic rings. The van der Waals surface area contributed by atoms with Gasteiger partial charge in [0.2, 0.25) is 0 Å². The Hall–Kier alpha value is -0.0400. The molecule has 0 aliphatic heterocycles. The molecule has 0 unspecified atom stereocenters. The summed E-state index contributed by atoms with van der Waals surface area (Å²) in [7, 11) is 3.99. The highest BCUT2D eigenvalue weighted by Gasteiger charge is 1.72. The van der Waals surface area contributed by atoms with E-state index in [1.807, 2.05) is 19.0 Å². The summed E-state index contributed by atoms with van der Waals surface area (Å²) in [5.74, 6) is 0. The Morgan fingerprint density at radius 3 is 1.67 bits per heavy atom. The van der Waals surface area contributed by atoms with Crippen molar-refractivity contribution < 1.29 is 0 Å². The first-order valence-electron chi connectivity index (χ1n) is 1.71. The van der Waals surface area contributed by atoms with E-state index in [-0.39, 0.29) is 7.43 Å². The summed E-state index contributed by atoms with van der Waals surface area (Å²) < 4.78 is 0. The van der Waals surface area contributed by atoms with Crippen molar-refractivity contribution in [2.24, 2.45) is 0 Å². The fraction of sp³-hybridized carbons (Fsp3) is 0.600. The van der Waals surface area contributed by atoms with Crippen LogP contribution in [0.15, 0.2) is 0 Å². The molecule has 0 aliphatic rings. The molecule has 0 fully saturated rings. The zero-order chi connectivity index (χ0) is 4.28. The van der Waals surface area contributed by atoms with Crippen LogP contribution < -0.4 is 0 Å². The van der Waals surface area contributed by atoms with E-state index in [1.165, 1.54) is 0 Å². The van der Waals surface area contributed by atoms with Gasteiger partial charge in [-0.05, 0) is 27.6 Å². The van der Waals surface area contributed by atoms with Crippen LogP contribution in [0, 0.1) is 14.4 Å². The van der Waals surface area contributed by atoms with Gasteiger partial charge in [0.15, 0.2) is 0 Å². The van der Waals surface area contributed by atoms with Crippen molar-refractivity contribution in [2.45, 2.75) is 0 Å². The third kappa shape index (κ3) is 9.03. The van der Waals surface area contributed by atoms with Crippen molar-refractivity contribution in [1.82, 2.24) is 4.90 Å². The van der Waals surface area contributed by atoms with Gasteiger partial charge >= 0.3 is 0 Å². The van der Waals surface area contributed by atoms with E-state index in [1.54, 1.807) is 0 Å². The highest BCUT2D eigenvalue weighted by atomic mass is 15.0. The third-order valence-corrected chi connectivity index (χ3v) is 0.447. The zero-order valence-corrected chi connectivity index (χ0v) is 4.86. The Bertz CT molecular complexity index is 17.9. The van der Waals surface area contributed by atoms with Crippen molar-refractivity contribution in [1.29, 1.82) is 0 Å². The molecule has 0 rings (SSSR count). The summed E-state index contributed by atoms with van der Waals surface area (Å²) in [6, 6.07) is 0. The minimum absolute atomic E-state index is 0. The maximum atomic E-state index is 3.61. The topological polar surface area (TPSA) is 3.24 Å². The first kappa shape index (κ1) is 9.35. The van der Waals surface area contributed by atoms with Crippen molar-refractivity contribution in [3.63, 3.8) is 0 Å². The number of nitrogens with zero attached hydrogens (tertiary/aromatic N) is 1. The molecule has 0 aliphatic carbocycles. The summed E-state index contributed by atoms with van der Waals surface area (Å²) in [5.41, 5.74) is 0. The van der Waals surface area contributed by atoms with E-state index >= 15 is 0 Å². The molecule has 0 spiro atoms. The first-order valence-corrected chi connectivity index (χ1v) is 1.71. The molecule has 0 saturated carbocycles. The molecule has 0 amide bonds. The monoisotopic (exact) mass is 87.1 g/mol. The molecule has 1 heteroatoms. The molecule has 6 heavy (non-hydrogen) atoms. The van der Waals surface area contributed by atoms with Gasteiger partial charge in [0.05, 0.1) is 0 Å². The van der Waals surface area contributed by atoms with Crippen molar-refractivity contribution in [2.75, 3.05) is 20.6 Å². The molecular weight excluding hydrogens is 74.1 g/mol. The third-order valence-electron chi connectivity index (χ3n) is 0.447. The average Bonchev–Trinajstić information content (AvgIpc) is 1.38. The Morgan fingerprint density at radius 2 is 1.67 bits per heavy atom. The van der Waals surface area contributed by atoms with Gasteiger partial charge in [-0.1, -0.05) is 7.43 Å². The van der Waals surface area contributed by atoms with E-state index in [0.29, 0.717) is 0 Å². The van der Waals surface area contributed by atoms with Gasteiger partial charge in [0, 0.05) is 0 Å². The molecule has 0 N–H and O–H groups in total. The van der Waals surface area contributed by atoms with Crippen LogP contribution in [-0.2, 0) is 0 Å². The summed E-state index contributed by atoms with van der Waals surface area (Å²) >= 11 is 0. The normalized spacial score (nSPS) is 8.00. The second-order valence-corrected chi connectivity index (χ2v) is 1.30. The maximum Gasteiger partial charge on any atom is -0.00244 e. The SMILES string of the molecule is [CH2]CN(C)C.[CH3]. The van der Waals surface area contributed by atoms with Crippen LogP contribution in [0.3, 0.4) is 0 Å². The minimum Gasteiger partial charge on any atom is -0.309 e. The minimum atomic E-state index is 0. The zero-order valence-electron chi connectivity index (χ0n) is 4.86. The molecule has 38 valence electrons. The lowest BCUT2D eigenvalue weighted by Crippen LogP contribution is -2.08. The first-order chi connectivity index (χ1) is 2.27. The van der Waals surface area contributed by atoms with Gasteiger partial charge in [0.25, 0.3) is 0 Å². The lowest BCUT2D eigenvalue weighted by atomic mass is 10.7. The second kappa shape index (κ2) is 4.96. The van der Waals surface area contributed by atoms with Gasteiger partial charge in [-0.25, -0.2) is 0 Å². The molecular formula is C5H13N. The van der Waals surface area contributed by atoms with Crippen molar-refractivity contribution >= 4 is 0 Å². The largest absolute Gasteiger partial charge is 0.309 e. The summed E-state index contributed by atoms with van der Waals surface area (Å²) in [5, 5.41) is 0. The van der Waals surface area contributed by atoms with Gasteiger partial charge < -0.3 is 4.90 Å². The molecule has 0 bridgehead atoms. The van der Waals surface area contributed by atoms with E-state index in [4.69, 9.17) is 0 Å². The van der Waals surface area contributed by atoms with Crippen LogP contribution in [0.25, 0.3) is 0 Å². The summed E-state index contributed by atoms with van der Waals surface area (Å²) in [4.78, 5) is 2.01. The van der Waals surface area contributed by atoms with Crippen LogP contribution in [0.5, 0.6) is 0 Å². The van der Waals surface area contributed by atoms with Crippen LogP contribution >= 0.6 is 0 Å². The molecule has 0 heterocycles. The standard InChI is InChI=1S/C4H10N.CH3/c1-4-5(2)3;/h1,4H2,2-3H3;1H3. The van der Waals surface area contributed by atoms with Crippen LogP contribution in [-0.4, -0.2) is 25.5 Å². The lowest BCUT2D eigenvalue weighted by molar-refractivity contribution is 0.455. The smallest absolute Gasteiger partial charge is 0.00244 e. The van der Waals surface area contributed by atoms with E-state index in [9.17, 15) is 0 Å². The van der Waals surface area contributed by atoms with Crippen LogP contribution in [0.2, 0.25) is 0 Å². The van der Waals surface area contributed by atoms with Crippen LogP contribution in [0.4, 0.5) is 0 Å². The van der Waals surface area contributed by atoms with Crippen molar-refractivity contribution in [3.8, 4) is 0 Å². The summed E-state index contributed by atoms with van der Waals surface area (Å²) in [6.07, 6.45) is 0. The molecule has 0 atom stereocenters. The highest BCUT2D eigenvalue weighted by Crippen LogP contribution is 1.63. The fourth-order valence-corrected chi connectivity index (χ4v) is 0. The Morgan fingerprint density at radius 1 is 1.50 bits per heavy atom. The lowest BCUT2D eigenvalue weighted by Gasteiger charge is -1.99. The Balaban J connectivity index is 0. The van der Waals surface area contributed by atoms with Gasteiger partial charge in [-0.2, -0.15) is 0 Å². The molecule has 1 nitrogen and oxygen atoms in total. The van der Waals surface area contributed by atoms with Crippen molar-refractivity contribution in [3.05, 3.63) is 14.4 Å². The molecule has 2 radical (unpaired) electrons. The number of hydrogen-bond acceptors (Lipinski definition) is 1. The number of hydrogen-bond donors (Lipinski definition) is 0. The van der Waals surface area contributed by atoms with Gasteiger partial charge in [0.1, 0.15) is 0 Å². The molecule has 0 aromatic carbocycles. The summed E-state index contributed by atoms with van der Waals surface area (Å²) in [6.45, 7) is 4.50. The predicted molar refractivity (Wildman–Crippen MR) is 30.3 cm³/mol. The van der Waals surface area contributed by atoms with E-state index in [0.717, 1.165) is 6.54 Å². The van der Waals surface area contributed by atoms with E-state index < -0.39 is 0 Å². The molecule has 0 saturated heterocycles. The van der Waals surface area contributed by atoms with Gasteiger partial charge in [-0.15, -0.1) is 0 Å². The quantitative estimate of drug-likeness (QED) is 0.458. The predicted octanol–water partition coefficient (Wildman–Crippen LogP) is 0.832. The second-order valence-electron chi connectivity index (χ2n) is 1.30. The van der Waals surface area contributed by atoms with Gasteiger partial charge in [-0.3, -0.25) is 0 Å².